The lowest BCUT2D eigenvalue weighted by atomic mass is 10.1. The summed E-state index contributed by atoms with van der Waals surface area (Å²) in [5, 5.41) is 17.1. The lowest BCUT2D eigenvalue weighted by molar-refractivity contribution is -0.307. The summed E-state index contributed by atoms with van der Waals surface area (Å²) < 4.78 is 5.88. The summed E-state index contributed by atoms with van der Waals surface area (Å²) in [5.41, 5.74) is 2.30. The number of rotatable bonds is 8. The predicted octanol–water partition coefficient (Wildman–Crippen LogP) is 2.56. The molecule has 1 unspecified atom stereocenters. The molecule has 8 heteroatoms. The van der Waals surface area contributed by atoms with E-state index in [0.717, 1.165) is 17.2 Å². The van der Waals surface area contributed by atoms with Gasteiger partial charge in [-0.05, 0) is 42.5 Å². The first-order chi connectivity index (χ1) is 15.6. The van der Waals surface area contributed by atoms with Gasteiger partial charge in [0, 0.05) is 42.9 Å². The first kappa shape index (κ1) is 21.2. The third-order valence-corrected chi connectivity index (χ3v) is 5.00. The number of aromatic nitrogens is 1. The van der Waals surface area contributed by atoms with Crippen LogP contribution in [0.4, 0.5) is 22.9 Å². The Morgan fingerprint density at radius 2 is 1.91 bits per heavy atom. The van der Waals surface area contributed by atoms with Gasteiger partial charge in [0.2, 0.25) is 5.91 Å². The van der Waals surface area contributed by atoms with Crippen molar-refractivity contribution in [2.24, 2.45) is 0 Å². The molecule has 0 saturated heterocycles. The molecule has 3 aromatic rings. The number of para-hydroxylation sites is 1. The lowest BCUT2D eigenvalue weighted by Crippen LogP contribution is -2.41. The molecule has 164 valence electrons. The average molecular weight is 431 g/mol. The van der Waals surface area contributed by atoms with E-state index in [9.17, 15) is 14.7 Å². The molecular weight excluding hydrogens is 408 g/mol. The van der Waals surface area contributed by atoms with Crippen molar-refractivity contribution >= 4 is 34.8 Å². The Morgan fingerprint density at radius 1 is 1.09 bits per heavy atom. The number of carboxylic acid groups (broad SMARTS) is 1. The van der Waals surface area contributed by atoms with Gasteiger partial charge in [-0.2, -0.15) is 0 Å². The summed E-state index contributed by atoms with van der Waals surface area (Å²) in [6.45, 7) is 0.814. The third-order valence-electron chi connectivity index (χ3n) is 5.00. The summed E-state index contributed by atoms with van der Waals surface area (Å²) >= 11 is 0. The van der Waals surface area contributed by atoms with Crippen LogP contribution in [-0.4, -0.2) is 36.1 Å². The van der Waals surface area contributed by atoms with Gasteiger partial charge in [0.05, 0.1) is 12.2 Å². The van der Waals surface area contributed by atoms with E-state index in [2.05, 4.69) is 15.6 Å². The zero-order valence-electron chi connectivity index (χ0n) is 17.4. The fourth-order valence-electron chi connectivity index (χ4n) is 3.56. The van der Waals surface area contributed by atoms with Gasteiger partial charge in [0.15, 0.2) is 0 Å². The smallest absolute Gasteiger partial charge is 0.226 e. The topological polar surface area (TPSA) is 107 Å². The lowest BCUT2D eigenvalue weighted by Gasteiger charge is -2.36. The Bertz CT molecular complexity index is 1080. The van der Waals surface area contributed by atoms with Gasteiger partial charge in [0.1, 0.15) is 17.7 Å². The Balaban J connectivity index is 1.46. The molecule has 1 aliphatic heterocycles. The van der Waals surface area contributed by atoms with Gasteiger partial charge in [-0.25, -0.2) is 4.98 Å². The molecule has 0 saturated carbocycles. The van der Waals surface area contributed by atoms with Crippen LogP contribution in [0.25, 0.3) is 0 Å². The molecule has 2 N–H and O–H groups in total. The van der Waals surface area contributed by atoms with Gasteiger partial charge < -0.3 is 30.2 Å². The van der Waals surface area contributed by atoms with Crippen molar-refractivity contribution in [3.8, 4) is 5.75 Å². The van der Waals surface area contributed by atoms with Crippen LogP contribution in [0.15, 0.2) is 72.9 Å². The average Bonchev–Trinajstić information content (AvgIpc) is 2.79. The molecule has 0 radical (unpaired) electrons. The molecule has 1 atom stereocenters. The monoisotopic (exact) mass is 431 g/mol. The molecule has 8 nitrogen and oxygen atoms in total. The molecule has 1 aliphatic rings. The number of hydrogen-bond donors (Lipinski definition) is 2. The van der Waals surface area contributed by atoms with Gasteiger partial charge in [-0.1, -0.05) is 24.3 Å². The number of benzene rings is 2. The van der Waals surface area contributed by atoms with Crippen LogP contribution >= 0.6 is 0 Å². The number of aliphatic carboxylic acids is 1. The van der Waals surface area contributed by atoms with Gasteiger partial charge in [-0.15, -0.1) is 0 Å². The molecular formula is C24H23N4O4-. The van der Waals surface area contributed by atoms with Crippen molar-refractivity contribution in [2.75, 3.05) is 28.6 Å². The van der Waals surface area contributed by atoms with Crippen molar-refractivity contribution < 1.29 is 19.4 Å². The number of pyridine rings is 1. The van der Waals surface area contributed by atoms with Crippen LogP contribution in [0.2, 0.25) is 0 Å². The van der Waals surface area contributed by atoms with E-state index in [1.807, 2.05) is 59.5 Å². The normalized spacial score (nSPS) is 14.8. The molecule has 0 bridgehead atoms. The number of ether oxygens (including phenoxy) is 1. The van der Waals surface area contributed by atoms with E-state index in [1.54, 1.807) is 18.3 Å². The Morgan fingerprint density at radius 3 is 2.66 bits per heavy atom. The first-order valence-electron chi connectivity index (χ1n) is 10.4. The maximum atomic E-state index is 12.4. The summed E-state index contributed by atoms with van der Waals surface area (Å²) in [5.74, 6) is -0.0159. The number of carboxylic acids is 1. The van der Waals surface area contributed by atoms with E-state index < -0.39 is 12.1 Å². The third kappa shape index (κ3) is 5.34. The van der Waals surface area contributed by atoms with E-state index >= 15 is 0 Å². The summed E-state index contributed by atoms with van der Waals surface area (Å²) in [6.07, 6.45) is 1.23. The molecule has 1 aromatic heterocycles. The van der Waals surface area contributed by atoms with Crippen molar-refractivity contribution in [3.05, 3.63) is 72.9 Å². The first-order valence-corrected chi connectivity index (χ1v) is 10.4. The minimum Gasteiger partial charge on any atom is -0.550 e. The highest BCUT2D eigenvalue weighted by atomic mass is 16.5. The fourth-order valence-corrected chi connectivity index (χ4v) is 3.56. The number of nitrogens with zero attached hydrogens (tertiary/aromatic N) is 2. The van der Waals surface area contributed by atoms with Crippen molar-refractivity contribution in [1.29, 1.82) is 0 Å². The molecule has 0 aliphatic carbocycles. The fraction of sp³-hybridized carbons (Fsp3) is 0.208. The van der Waals surface area contributed by atoms with E-state index in [0.29, 0.717) is 24.5 Å². The Kier molecular flexibility index (Phi) is 6.50. The maximum absolute atomic E-state index is 12.4. The van der Waals surface area contributed by atoms with Crippen molar-refractivity contribution in [1.82, 2.24) is 4.98 Å². The molecule has 32 heavy (non-hydrogen) atoms. The zero-order chi connectivity index (χ0) is 22.3. The van der Waals surface area contributed by atoms with Crippen LogP contribution in [0, 0.1) is 0 Å². The minimum atomic E-state index is -1.16. The highest BCUT2D eigenvalue weighted by Gasteiger charge is 2.27. The SMILES string of the molecule is O=C([O-])CC1CN(c2ccccc2)c2cc(NC(=O)CCNc3ccccn3)ccc2O1. The number of nitrogens with one attached hydrogen (secondary N) is 2. The quantitative estimate of drug-likeness (QED) is 0.564. The highest BCUT2D eigenvalue weighted by molar-refractivity contribution is 5.92. The number of fused-ring (bicyclic) bond motifs is 1. The van der Waals surface area contributed by atoms with E-state index in [1.165, 1.54) is 0 Å². The Hall–Kier alpha value is -4.07. The number of anilines is 4. The van der Waals surface area contributed by atoms with Crippen LogP contribution in [0.5, 0.6) is 5.75 Å². The van der Waals surface area contributed by atoms with Gasteiger partial charge in [-0.3, -0.25) is 4.79 Å². The largest absolute Gasteiger partial charge is 0.550 e. The second-order valence-corrected chi connectivity index (χ2v) is 7.38. The molecule has 2 aromatic carbocycles. The molecule has 1 amide bonds. The highest BCUT2D eigenvalue weighted by Crippen LogP contribution is 2.40. The molecule has 0 spiro atoms. The zero-order valence-corrected chi connectivity index (χ0v) is 17.4. The summed E-state index contributed by atoms with van der Waals surface area (Å²) in [7, 11) is 0. The second-order valence-electron chi connectivity index (χ2n) is 7.38. The number of amides is 1. The second kappa shape index (κ2) is 9.82. The van der Waals surface area contributed by atoms with Crippen molar-refractivity contribution in [3.63, 3.8) is 0 Å². The predicted molar refractivity (Wildman–Crippen MR) is 120 cm³/mol. The van der Waals surface area contributed by atoms with E-state index in [4.69, 9.17) is 4.74 Å². The van der Waals surface area contributed by atoms with Crippen LogP contribution in [-0.2, 0) is 9.59 Å². The molecule has 0 fully saturated rings. The number of hydrogen-bond acceptors (Lipinski definition) is 7. The number of carbonyl (C=O) groups excluding carboxylic acids is 2. The number of carbonyl (C=O) groups is 2. The van der Waals surface area contributed by atoms with Crippen LogP contribution < -0.4 is 25.4 Å². The molecule has 4 rings (SSSR count). The summed E-state index contributed by atoms with van der Waals surface area (Å²) in [6, 6.07) is 20.5. The minimum absolute atomic E-state index is 0.133. The van der Waals surface area contributed by atoms with Crippen LogP contribution in [0.1, 0.15) is 12.8 Å². The Labute approximate surface area is 185 Å². The molecule has 2 heterocycles. The van der Waals surface area contributed by atoms with Crippen molar-refractivity contribution in [2.45, 2.75) is 18.9 Å². The van der Waals surface area contributed by atoms with Gasteiger partial charge in [0.25, 0.3) is 0 Å². The van der Waals surface area contributed by atoms with Gasteiger partial charge >= 0.3 is 0 Å². The summed E-state index contributed by atoms with van der Waals surface area (Å²) in [4.78, 5) is 29.7. The standard InChI is InChI=1S/C24H24N4O4/c29-23(11-13-26-22-8-4-5-12-25-22)27-17-9-10-21-20(14-17)28(18-6-2-1-3-7-18)16-19(32-21)15-24(30)31/h1-10,12,14,19H,11,13,15-16H2,(H,25,26)(H,27,29)(H,30,31)/p-1. The maximum Gasteiger partial charge on any atom is 0.226 e. The van der Waals surface area contributed by atoms with Crippen LogP contribution in [0.3, 0.4) is 0 Å². The van der Waals surface area contributed by atoms with E-state index in [-0.39, 0.29) is 18.7 Å².